The van der Waals surface area contributed by atoms with Crippen molar-refractivity contribution in [3.05, 3.63) is 22.4 Å². The Morgan fingerprint density at radius 1 is 1.40 bits per heavy atom. The van der Waals surface area contributed by atoms with E-state index in [1.165, 1.54) is 31.4 Å². The van der Waals surface area contributed by atoms with Crippen molar-refractivity contribution in [1.29, 1.82) is 0 Å². The SMILES string of the molecule is OCC1CCN(CCc2ccsc2)CC1. The molecule has 1 N–H and O–H groups in total. The number of nitrogens with zero attached hydrogens (tertiary/aromatic N) is 1. The van der Waals surface area contributed by atoms with Crippen molar-refractivity contribution in [1.82, 2.24) is 4.90 Å². The van der Waals surface area contributed by atoms with E-state index in [1.807, 2.05) is 0 Å². The summed E-state index contributed by atoms with van der Waals surface area (Å²) in [5.41, 5.74) is 1.46. The maximum Gasteiger partial charge on any atom is 0.0460 e. The number of aliphatic hydroxyl groups excluding tert-OH is 1. The van der Waals surface area contributed by atoms with E-state index in [1.54, 1.807) is 11.3 Å². The summed E-state index contributed by atoms with van der Waals surface area (Å²) in [4.78, 5) is 2.52. The Kier molecular flexibility index (Phi) is 4.18. The van der Waals surface area contributed by atoms with E-state index in [0.29, 0.717) is 12.5 Å². The summed E-state index contributed by atoms with van der Waals surface area (Å²) in [7, 11) is 0. The highest BCUT2D eigenvalue weighted by atomic mass is 32.1. The minimum absolute atomic E-state index is 0.373. The van der Waals surface area contributed by atoms with Gasteiger partial charge in [0, 0.05) is 13.2 Å². The van der Waals surface area contributed by atoms with Crippen LogP contribution in [0, 0.1) is 5.92 Å². The highest BCUT2D eigenvalue weighted by Gasteiger charge is 2.17. The average Bonchev–Trinajstić information content (AvgIpc) is 2.80. The molecule has 15 heavy (non-hydrogen) atoms. The number of piperidine rings is 1. The molecule has 2 heterocycles. The predicted molar refractivity (Wildman–Crippen MR) is 64.3 cm³/mol. The fourth-order valence-corrected chi connectivity index (χ4v) is 2.82. The van der Waals surface area contributed by atoms with Gasteiger partial charge < -0.3 is 10.0 Å². The topological polar surface area (TPSA) is 23.5 Å². The molecule has 0 aliphatic carbocycles. The lowest BCUT2D eigenvalue weighted by Crippen LogP contribution is -2.36. The van der Waals surface area contributed by atoms with Crippen molar-refractivity contribution in [2.75, 3.05) is 26.2 Å². The zero-order chi connectivity index (χ0) is 10.5. The average molecular weight is 225 g/mol. The van der Waals surface area contributed by atoms with Crippen LogP contribution in [0.3, 0.4) is 0 Å². The summed E-state index contributed by atoms with van der Waals surface area (Å²) in [5, 5.41) is 13.4. The molecule has 3 heteroatoms. The first-order valence-electron chi connectivity index (χ1n) is 5.73. The zero-order valence-electron chi connectivity index (χ0n) is 9.06. The molecule has 0 amide bonds. The molecule has 0 unspecified atom stereocenters. The molecule has 1 aromatic rings. The Morgan fingerprint density at radius 3 is 2.80 bits per heavy atom. The Labute approximate surface area is 95.5 Å². The van der Waals surface area contributed by atoms with Crippen LogP contribution in [-0.2, 0) is 6.42 Å². The molecule has 2 nitrogen and oxygen atoms in total. The smallest absolute Gasteiger partial charge is 0.0460 e. The Hall–Kier alpha value is -0.380. The normalized spacial score (nSPS) is 19.5. The first kappa shape index (κ1) is 11.1. The molecule has 1 saturated heterocycles. The van der Waals surface area contributed by atoms with Crippen LogP contribution in [0.4, 0.5) is 0 Å². The molecule has 0 atom stereocenters. The van der Waals surface area contributed by atoms with Gasteiger partial charge in [0.15, 0.2) is 0 Å². The lowest BCUT2D eigenvalue weighted by Gasteiger charge is -2.30. The fraction of sp³-hybridized carbons (Fsp3) is 0.667. The summed E-state index contributed by atoms with van der Waals surface area (Å²) >= 11 is 1.78. The van der Waals surface area contributed by atoms with Crippen molar-refractivity contribution in [2.45, 2.75) is 19.3 Å². The van der Waals surface area contributed by atoms with E-state index in [0.717, 1.165) is 13.1 Å². The molecule has 1 aliphatic rings. The Morgan fingerprint density at radius 2 is 2.20 bits per heavy atom. The van der Waals surface area contributed by atoms with Gasteiger partial charge in [0.2, 0.25) is 0 Å². The van der Waals surface area contributed by atoms with Gasteiger partial charge in [-0.1, -0.05) is 0 Å². The van der Waals surface area contributed by atoms with E-state index >= 15 is 0 Å². The van der Waals surface area contributed by atoms with Crippen LogP contribution < -0.4 is 0 Å². The lowest BCUT2D eigenvalue weighted by molar-refractivity contribution is 0.132. The van der Waals surface area contributed by atoms with Crippen molar-refractivity contribution < 1.29 is 5.11 Å². The Balaban J connectivity index is 1.69. The van der Waals surface area contributed by atoms with Crippen molar-refractivity contribution in [3.8, 4) is 0 Å². The zero-order valence-corrected chi connectivity index (χ0v) is 9.88. The number of thiophene rings is 1. The van der Waals surface area contributed by atoms with Crippen LogP contribution in [0.25, 0.3) is 0 Å². The number of hydrogen-bond acceptors (Lipinski definition) is 3. The van der Waals surface area contributed by atoms with Gasteiger partial charge in [-0.05, 0) is 60.7 Å². The van der Waals surface area contributed by atoms with Crippen LogP contribution >= 0.6 is 11.3 Å². The number of hydrogen-bond donors (Lipinski definition) is 1. The van der Waals surface area contributed by atoms with Gasteiger partial charge >= 0.3 is 0 Å². The van der Waals surface area contributed by atoms with E-state index in [-0.39, 0.29) is 0 Å². The molecular formula is C12H19NOS. The number of rotatable bonds is 4. The van der Waals surface area contributed by atoms with E-state index in [4.69, 9.17) is 5.11 Å². The lowest BCUT2D eigenvalue weighted by atomic mass is 9.98. The van der Waals surface area contributed by atoms with Crippen LogP contribution in [-0.4, -0.2) is 36.2 Å². The van der Waals surface area contributed by atoms with Gasteiger partial charge in [-0.2, -0.15) is 11.3 Å². The molecule has 0 radical (unpaired) electrons. The molecule has 1 aliphatic heterocycles. The fourth-order valence-electron chi connectivity index (χ4n) is 2.11. The van der Waals surface area contributed by atoms with Crippen molar-refractivity contribution in [3.63, 3.8) is 0 Å². The molecule has 1 fully saturated rings. The van der Waals surface area contributed by atoms with Gasteiger partial charge in [-0.3, -0.25) is 0 Å². The van der Waals surface area contributed by atoms with Gasteiger partial charge in [0.05, 0.1) is 0 Å². The highest BCUT2D eigenvalue weighted by molar-refractivity contribution is 7.07. The maximum atomic E-state index is 9.04. The molecule has 0 bridgehead atoms. The third kappa shape index (κ3) is 3.30. The molecule has 0 aromatic carbocycles. The summed E-state index contributed by atoms with van der Waals surface area (Å²) in [5.74, 6) is 0.558. The summed E-state index contributed by atoms with van der Waals surface area (Å²) in [6.45, 7) is 3.87. The van der Waals surface area contributed by atoms with Gasteiger partial charge in [0.1, 0.15) is 0 Å². The first-order valence-corrected chi connectivity index (χ1v) is 6.67. The third-order valence-electron chi connectivity index (χ3n) is 3.26. The molecule has 1 aromatic heterocycles. The van der Waals surface area contributed by atoms with E-state index < -0.39 is 0 Å². The van der Waals surface area contributed by atoms with Crippen LogP contribution in [0.5, 0.6) is 0 Å². The van der Waals surface area contributed by atoms with Crippen LogP contribution in [0.2, 0.25) is 0 Å². The number of likely N-dealkylation sites (tertiary alicyclic amines) is 1. The quantitative estimate of drug-likeness (QED) is 0.847. The van der Waals surface area contributed by atoms with Gasteiger partial charge in [-0.25, -0.2) is 0 Å². The second-order valence-corrected chi connectivity index (χ2v) is 5.13. The second-order valence-electron chi connectivity index (χ2n) is 4.35. The van der Waals surface area contributed by atoms with E-state index in [9.17, 15) is 0 Å². The predicted octanol–water partition coefficient (Wildman–Crippen LogP) is 1.99. The molecule has 0 saturated carbocycles. The van der Waals surface area contributed by atoms with Crippen molar-refractivity contribution >= 4 is 11.3 Å². The third-order valence-corrected chi connectivity index (χ3v) is 3.99. The minimum Gasteiger partial charge on any atom is -0.396 e. The first-order chi connectivity index (χ1) is 7.38. The highest BCUT2D eigenvalue weighted by Crippen LogP contribution is 2.17. The largest absolute Gasteiger partial charge is 0.396 e. The van der Waals surface area contributed by atoms with Crippen LogP contribution in [0.1, 0.15) is 18.4 Å². The summed E-state index contributed by atoms with van der Waals surface area (Å²) in [6.07, 6.45) is 3.51. The standard InChI is InChI=1S/C12H19NOS/c14-9-11-1-5-13(6-2-11)7-3-12-4-8-15-10-12/h4,8,10-11,14H,1-3,5-7,9H2. The Bertz CT molecular complexity index is 265. The van der Waals surface area contributed by atoms with Crippen LogP contribution in [0.15, 0.2) is 16.8 Å². The molecule has 2 rings (SSSR count). The molecular weight excluding hydrogens is 206 g/mol. The minimum atomic E-state index is 0.373. The second kappa shape index (κ2) is 5.64. The van der Waals surface area contributed by atoms with Gasteiger partial charge in [-0.15, -0.1) is 0 Å². The maximum absolute atomic E-state index is 9.04. The van der Waals surface area contributed by atoms with Crippen molar-refractivity contribution in [2.24, 2.45) is 5.92 Å². The molecule has 84 valence electrons. The van der Waals surface area contributed by atoms with E-state index in [2.05, 4.69) is 21.7 Å². The number of aliphatic hydroxyl groups is 1. The summed E-state index contributed by atoms with van der Waals surface area (Å²) < 4.78 is 0. The van der Waals surface area contributed by atoms with Gasteiger partial charge in [0.25, 0.3) is 0 Å². The monoisotopic (exact) mass is 225 g/mol. The summed E-state index contributed by atoms with van der Waals surface area (Å²) in [6, 6.07) is 2.21. The molecule has 0 spiro atoms.